The van der Waals surface area contributed by atoms with Crippen molar-refractivity contribution in [2.45, 2.75) is 24.9 Å². The highest BCUT2D eigenvalue weighted by molar-refractivity contribution is 9.10. The van der Waals surface area contributed by atoms with Crippen LogP contribution in [0.2, 0.25) is 0 Å². The van der Waals surface area contributed by atoms with Gasteiger partial charge in [0.15, 0.2) is 0 Å². The van der Waals surface area contributed by atoms with Crippen molar-refractivity contribution in [3.8, 4) is 0 Å². The fraction of sp³-hybridized carbons (Fsp3) is 0.533. The average Bonchev–Trinajstić information content (AvgIpc) is 2.51. The molecule has 4 nitrogen and oxygen atoms in total. The molecule has 1 aromatic rings. The molecule has 0 aliphatic carbocycles. The molecule has 116 valence electrons. The van der Waals surface area contributed by atoms with Gasteiger partial charge in [0.05, 0.1) is 0 Å². The van der Waals surface area contributed by atoms with Gasteiger partial charge >= 0.3 is 0 Å². The first-order valence-electron chi connectivity index (χ1n) is 7.05. The molecule has 1 heterocycles. The van der Waals surface area contributed by atoms with E-state index in [1.165, 1.54) is 6.07 Å². The summed E-state index contributed by atoms with van der Waals surface area (Å²) < 4.78 is 19.9. The lowest BCUT2D eigenvalue weighted by atomic mass is 9.91. The molecule has 21 heavy (non-hydrogen) atoms. The summed E-state index contributed by atoms with van der Waals surface area (Å²) in [6, 6.07) is 4.81. The Balaban J connectivity index is 1.90. The van der Waals surface area contributed by atoms with Crippen LogP contribution in [0.1, 0.15) is 18.4 Å². The molecule has 1 aliphatic heterocycles. The number of methoxy groups -OCH3 is 1. The van der Waals surface area contributed by atoms with Crippen molar-refractivity contribution >= 4 is 21.8 Å². The van der Waals surface area contributed by atoms with E-state index in [2.05, 4.69) is 26.6 Å². The van der Waals surface area contributed by atoms with Gasteiger partial charge in [-0.1, -0.05) is 15.9 Å². The van der Waals surface area contributed by atoms with E-state index in [0.717, 1.165) is 17.6 Å². The van der Waals surface area contributed by atoms with Crippen molar-refractivity contribution < 1.29 is 13.9 Å². The Morgan fingerprint density at radius 3 is 2.86 bits per heavy atom. The molecule has 2 rings (SSSR count). The molecule has 1 aliphatic rings. The number of piperidine rings is 1. The number of carbonyl (C=O) groups excluding carboxylic acids is 1. The monoisotopic (exact) mass is 358 g/mol. The Kier molecular flexibility index (Phi) is 5.72. The minimum Gasteiger partial charge on any atom is -0.368 e. The second-order valence-corrected chi connectivity index (χ2v) is 6.11. The Morgan fingerprint density at radius 1 is 1.48 bits per heavy atom. The Labute approximate surface area is 132 Å². The van der Waals surface area contributed by atoms with E-state index in [1.807, 2.05) is 0 Å². The van der Waals surface area contributed by atoms with E-state index in [4.69, 9.17) is 4.74 Å². The summed E-state index contributed by atoms with van der Waals surface area (Å²) >= 11 is 3.32. The molecular formula is C15H20BrFN2O2. The zero-order valence-corrected chi connectivity index (χ0v) is 13.6. The molecule has 1 saturated heterocycles. The minimum atomic E-state index is -0.749. The van der Waals surface area contributed by atoms with Gasteiger partial charge in [0.2, 0.25) is 0 Å². The zero-order chi connectivity index (χ0) is 15.3. The molecule has 0 saturated carbocycles. The largest absolute Gasteiger partial charge is 0.368 e. The van der Waals surface area contributed by atoms with Crippen molar-refractivity contribution in [2.24, 2.45) is 0 Å². The van der Waals surface area contributed by atoms with Crippen LogP contribution in [0.3, 0.4) is 0 Å². The summed E-state index contributed by atoms with van der Waals surface area (Å²) in [7, 11) is 1.57. The predicted molar refractivity (Wildman–Crippen MR) is 82.7 cm³/mol. The van der Waals surface area contributed by atoms with Crippen LogP contribution in [0.25, 0.3) is 0 Å². The van der Waals surface area contributed by atoms with Gasteiger partial charge in [-0.3, -0.25) is 4.79 Å². The topological polar surface area (TPSA) is 50.4 Å². The molecule has 0 atom stereocenters. The smallest absolute Gasteiger partial charge is 0.252 e. The highest BCUT2D eigenvalue weighted by atomic mass is 79.9. The summed E-state index contributed by atoms with van der Waals surface area (Å²) in [6.45, 7) is 1.92. The predicted octanol–water partition coefficient (Wildman–Crippen LogP) is 2.02. The molecule has 1 aromatic carbocycles. The quantitative estimate of drug-likeness (QED) is 0.846. The van der Waals surface area contributed by atoms with Gasteiger partial charge < -0.3 is 15.4 Å². The van der Waals surface area contributed by atoms with Gasteiger partial charge in [0.1, 0.15) is 11.4 Å². The van der Waals surface area contributed by atoms with E-state index in [1.54, 1.807) is 19.2 Å². The number of ether oxygens (including phenoxy) is 1. The number of rotatable bonds is 5. The van der Waals surface area contributed by atoms with Crippen LogP contribution in [0, 0.1) is 5.82 Å². The molecule has 1 fully saturated rings. The van der Waals surface area contributed by atoms with Crippen LogP contribution < -0.4 is 10.6 Å². The van der Waals surface area contributed by atoms with Crippen LogP contribution in [0.5, 0.6) is 0 Å². The number of carbonyl (C=O) groups is 1. The average molecular weight is 359 g/mol. The van der Waals surface area contributed by atoms with Gasteiger partial charge in [0.25, 0.3) is 5.91 Å². The van der Waals surface area contributed by atoms with Gasteiger partial charge in [-0.05, 0) is 56.1 Å². The van der Waals surface area contributed by atoms with Crippen LogP contribution >= 0.6 is 15.9 Å². The lowest BCUT2D eigenvalue weighted by Crippen LogP contribution is -2.54. The fourth-order valence-corrected chi connectivity index (χ4v) is 2.97. The molecular weight excluding hydrogens is 339 g/mol. The molecule has 2 N–H and O–H groups in total. The molecule has 0 unspecified atom stereocenters. The second kappa shape index (κ2) is 7.33. The van der Waals surface area contributed by atoms with Crippen molar-refractivity contribution in [2.75, 3.05) is 26.7 Å². The van der Waals surface area contributed by atoms with Crippen molar-refractivity contribution in [1.82, 2.24) is 10.6 Å². The minimum absolute atomic E-state index is 0.109. The first-order chi connectivity index (χ1) is 10.1. The summed E-state index contributed by atoms with van der Waals surface area (Å²) in [5.74, 6) is -0.363. The SMILES string of the molecule is COC1(C(=O)NCCc2cc(Br)ccc2F)CCNCC1. The third-order valence-corrected chi connectivity index (χ3v) is 4.40. The van der Waals surface area contributed by atoms with Crippen LogP contribution in [-0.4, -0.2) is 38.3 Å². The number of benzene rings is 1. The summed E-state index contributed by atoms with van der Waals surface area (Å²) in [6.07, 6.45) is 1.76. The first kappa shape index (κ1) is 16.4. The number of amides is 1. The number of halogens is 2. The molecule has 1 amide bonds. The normalized spacial score (nSPS) is 17.5. The fourth-order valence-electron chi connectivity index (χ4n) is 2.56. The number of hydrogen-bond donors (Lipinski definition) is 2. The van der Waals surface area contributed by atoms with Crippen LogP contribution in [-0.2, 0) is 16.0 Å². The molecule has 0 aromatic heterocycles. The Morgan fingerprint density at radius 2 is 2.19 bits per heavy atom. The van der Waals surface area contributed by atoms with Gasteiger partial charge in [0, 0.05) is 18.1 Å². The maximum absolute atomic E-state index is 13.6. The summed E-state index contributed by atoms with van der Waals surface area (Å²) in [5, 5.41) is 6.08. The van der Waals surface area contributed by atoms with Crippen molar-refractivity contribution in [3.63, 3.8) is 0 Å². The van der Waals surface area contributed by atoms with Crippen molar-refractivity contribution in [3.05, 3.63) is 34.1 Å². The summed E-state index contributed by atoms with van der Waals surface area (Å²) in [4.78, 5) is 12.3. The Hall–Kier alpha value is -0.980. The third-order valence-electron chi connectivity index (χ3n) is 3.90. The first-order valence-corrected chi connectivity index (χ1v) is 7.85. The summed E-state index contributed by atoms with van der Waals surface area (Å²) in [5.41, 5.74) is -0.164. The van der Waals surface area contributed by atoms with E-state index in [-0.39, 0.29) is 11.7 Å². The van der Waals surface area contributed by atoms with E-state index >= 15 is 0 Å². The molecule has 6 heteroatoms. The molecule has 0 radical (unpaired) electrons. The van der Waals surface area contributed by atoms with Crippen molar-refractivity contribution in [1.29, 1.82) is 0 Å². The van der Waals surface area contributed by atoms with E-state index < -0.39 is 5.60 Å². The zero-order valence-electron chi connectivity index (χ0n) is 12.0. The highest BCUT2D eigenvalue weighted by Crippen LogP contribution is 2.22. The van der Waals surface area contributed by atoms with E-state index in [0.29, 0.717) is 31.4 Å². The van der Waals surface area contributed by atoms with Crippen LogP contribution in [0.4, 0.5) is 4.39 Å². The van der Waals surface area contributed by atoms with Gasteiger partial charge in [-0.25, -0.2) is 4.39 Å². The van der Waals surface area contributed by atoms with Gasteiger partial charge in [-0.2, -0.15) is 0 Å². The van der Waals surface area contributed by atoms with E-state index in [9.17, 15) is 9.18 Å². The van der Waals surface area contributed by atoms with Gasteiger partial charge in [-0.15, -0.1) is 0 Å². The molecule has 0 spiro atoms. The Bertz CT molecular complexity index is 504. The highest BCUT2D eigenvalue weighted by Gasteiger charge is 2.39. The van der Waals surface area contributed by atoms with Crippen LogP contribution in [0.15, 0.2) is 22.7 Å². The number of hydrogen-bond acceptors (Lipinski definition) is 3. The standard InChI is InChI=1S/C15H20BrFN2O2/c1-21-15(5-8-18-9-6-15)14(20)19-7-4-11-10-12(16)2-3-13(11)17/h2-3,10,18H,4-9H2,1H3,(H,19,20). The number of nitrogens with one attached hydrogen (secondary N) is 2. The maximum Gasteiger partial charge on any atom is 0.252 e. The lowest BCUT2D eigenvalue weighted by molar-refractivity contribution is -0.146. The second-order valence-electron chi connectivity index (χ2n) is 5.19. The third kappa shape index (κ3) is 4.02. The maximum atomic E-state index is 13.6. The molecule has 0 bridgehead atoms. The lowest BCUT2D eigenvalue weighted by Gasteiger charge is -2.34.